The molecule has 0 fully saturated rings. The second-order valence-electron chi connectivity index (χ2n) is 6.59. The van der Waals surface area contributed by atoms with E-state index in [1.807, 2.05) is 0 Å². The second-order valence-corrected chi connectivity index (χ2v) is 7.57. The Hall–Kier alpha value is -2.68. The minimum Gasteiger partial charge on any atom is -0.351 e. The molecule has 0 aromatic carbocycles. The van der Waals surface area contributed by atoms with Gasteiger partial charge in [0.25, 0.3) is 0 Å². The lowest BCUT2D eigenvalue weighted by Crippen LogP contribution is -2.23. The summed E-state index contributed by atoms with van der Waals surface area (Å²) in [5, 5.41) is 9.44. The summed E-state index contributed by atoms with van der Waals surface area (Å²) in [7, 11) is -2.19. The highest BCUT2D eigenvalue weighted by atomic mass is 32.2. The first-order valence-corrected chi connectivity index (χ1v) is 9.79. The van der Waals surface area contributed by atoms with E-state index in [-0.39, 0.29) is 15.9 Å². The number of nitrogens with zero attached hydrogens (tertiary/aromatic N) is 3. The highest BCUT2D eigenvalue weighted by molar-refractivity contribution is 7.82. The fourth-order valence-electron chi connectivity index (χ4n) is 2.93. The number of pyridine rings is 1. The molecule has 5 N–H and O–H groups in total. The molecule has 2 heterocycles. The van der Waals surface area contributed by atoms with Crippen LogP contribution in [0.25, 0.3) is 0 Å². The van der Waals surface area contributed by atoms with Gasteiger partial charge >= 0.3 is 18.3 Å². The van der Waals surface area contributed by atoms with Gasteiger partial charge in [-0.1, -0.05) is 0 Å². The Bertz CT molecular complexity index is 1020. The van der Waals surface area contributed by atoms with Crippen LogP contribution in [0.15, 0.2) is 11.2 Å². The molecule has 0 radical (unpaired) electrons. The van der Waals surface area contributed by atoms with E-state index in [2.05, 4.69) is 15.4 Å². The Morgan fingerprint density at radius 2 is 1.87 bits per heavy atom. The average molecular weight is 472 g/mol. The molecular weight excluding hydrogens is 454 g/mol. The number of carbonyl (C=O) groups excluding carboxylic acids is 1. The van der Waals surface area contributed by atoms with Gasteiger partial charge in [0.05, 0.1) is 11.9 Å². The fourth-order valence-corrected chi connectivity index (χ4v) is 3.34. The number of rotatable bonds is 3. The SMILES string of the molecule is CC(F)(F)n1cc(F)c(S(N)=O)n1.Cc1c(C(F)(F)F)nc2c(c1NC(N)=O)CCC2. The van der Waals surface area contributed by atoms with Gasteiger partial charge in [0.15, 0.2) is 10.8 Å². The van der Waals surface area contributed by atoms with Crippen LogP contribution in [0.2, 0.25) is 0 Å². The molecule has 2 aromatic rings. The molecule has 3 rings (SSSR count). The van der Waals surface area contributed by atoms with Crippen molar-refractivity contribution in [3.8, 4) is 0 Å². The van der Waals surface area contributed by atoms with Crippen LogP contribution in [0.4, 0.5) is 36.8 Å². The van der Waals surface area contributed by atoms with Gasteiger partial charge in [0.2, 0.25) is 0 Å². The number of nitrogens with one attached hydrogen (secondary N) is 1. The first kappa shape index (κ1) is 24.6. The van der Waals surface area contributed by atoms with E-state index in [1.165, 1.54) is 6.92 Å². The Kier molecular flexibility index (Phi) is 7.00. The second kappa shape index (κ2) is 8.82. The van der Waals surface area contributed by atoms with Crippen LogP contribution in [0.1, 0.15) is 35.9 Å². The summed E-state index contributed by atoms with van der Waals surface area (Å²) in [6.07, 6.45) is -2.25. The fraction of sp³-hybridized carbons (Fsp3) is 0.438. The molecule has 31 heavy (non-hydrogen) atoms. The Morgan fingerprint density at radius 3 is 2.29 bits per heavy atom. The molecule has 0 spiro atoms. The van der Waals surface area contributed by atoms with Gasteiger partial charge in [-0.15, -0.1) is 0 Å². The van der Waals surface area contributed by atoms with Crippen molar-refractivity contribution in [1.29, 1.82) is 0 Å². The van der Waals surface area contributed by atoms with E-state index < -0.39 is 45.8 Å². The first-order valence-electron chi connectivity index (χ1n) is 8.58. The van der Waals surface area contributed by atoms with Gasteiger partial charge in [-0.2, -0.15) is 27.1 Å². The molecule has 0 aliphatic heterocycles. The van der Waals surface area contributed by atoms with E-state index in [0.29, 0.717) is 37.2 Å². The highest BCUT2D eigenvalue weighted by Crippen LogP contribution is 2.38. The first-order chi connectivity index (χ1) is 14.1. The number of halogens is 6. The molecule has 1 aliphatic rings. The molecule has 8 nitrogen and oxygen atoms in total. The van der Waals surface area contributed by atoms with Crippen LogP contribution < -0.4 is 16.2 Å². The molecule has 0 saturated heterocycles. The van der Waals surface area contributed by atoms with Gasteiger partial charge in [0, 0.05) is 18.2 Å². The third-order valence-electron chi connectivity index (χ3n) is 4.22. The Labute approximate surface area is 174 Å². The minimum absolute atomic E-state index is 0.0719. The maximum absolute atomic E-state index is 12.8. The van der Waals surface area contributed by atoms with Gasteiger partial charge in [0.1, 0.15) is 16.7 Å². The number of hydrogen-bond acceptors (Lipinski definition) is 4. The molecule has 15 heteroatoms. The zero-order valence-corrected chi connectivity index (χ0v) is 17.0. The lowest BCUT2D eigenvalue weighted by Gasteiger charge is -2.17. The van der Waals surface area contributed by atoms with Crippen molar-refractivity contribution in [2.75, 3.05) is 5.32 Å². The van der Waals surface area contributed by atoms with Gasteiger partial charge in [-0.05, 0) is 31.7 Å². The third kappa shape index (κ3) is 5.72. The molecule has 1 unspecified atom stereocenters. The van der Waals surface area contributed by atoms with E-state index >= 15 is 0 Å². The number of nitrogens with two attached hydrogens (primary N) is 2. The number of anilines is 1. The monoisotopic (exact) mass is 472 g/mol. The summed E-state index contributed by atoms with van der Waals surface area (Å²) in [6.45, 7) is 1.82. The number of amides is 2. The number of aromatic nitrogens is 3. The number of carbonyl (C=O) groups is 1. The molecule has 1 atom stereocenters. The van der Waals surface area contributed by atoms with Gasteiger partial charge in [-0.25, -0.2) is 28.2 Å². The largest absolute Gasteiger partial charge is 0.433 e. The molecule has 2 aromatic heterocycles. The highest BCUT2D eigenvalue weighted by Gasteiger charge is 2.37. The molecule has 0 saturated carbocycles. The normalized spacial score (nSPS) is 14.5. The van der Waals surface area contributed by atoms with Crippen LogP contribution in [-0.4, -0.2) is 25.0 Å². The maximum atomic E-state index is 12.8. The minimum atomic E-state index is -4.53. The van der Waals surface area contributed by atoms with E-state index in [0.717, 1.165) is 6.42 Å². The van der Waals surface area contributed by atoms with Crippen LogP contribution in [0.5, 0.6) is 0 Å². The summed E-state index contributed by atoms with van der Waals surface area (Å²) in [5.41, 5.74) is 5.19. The van der Waals surface area contributed by atoms with Crippen molar-refractivity contribution in [3.05, 3.63) is 34.5 Å². The molecular formula is C16H18F6N6O2S. The molecule has 2 amide bonds. The Balaban J connectivity index is 0.000000233. The molecule has 172 valence electrons. The van der Waals surface area contributed by atoms with E-state index in [4.69, 9.17) is 10.9 Å². The van der Waals surface area contributed by atoms with Crippen LogP contribution in [-0.2, 0) is 36.1 Å². The van der Waals surface area contributed by atoms with Crippen molar-refractivity contribution in [2.45, 2.75) is 50.4 Å². The van der Waals surface area contributed by atoms with Crippen LogP contribution in [0, 0.1) is 12.7 Å². The number of primary amides is 1. The summed E-state index contributed by atoms with van der Waals surface area (Å²) in [4.78, 5) is 14.6. The smallest absolute Gasteiger partial charge is 0.351 e. The number of aryl methyl sites for hydroxylation is 1. The van der Waals surface area contributed by atoms with E-state index in [1.54, 1.807) is 0 Å². The zero-order valence-electron chi connectivity index (χ0n) is 16.2. The Morgan fingerprint density at radius 1 is 1.26 bits per heavy atom. The third-order valence-corrected chi connectivity index (χ3v) is 4.87. The standard InChI is InChI=1S/C11H12F3N3O.C5H6F3N3OS/c1-5-8(17-10(15)18)6-3-2-4-7(6)16-9(5)11(12,13)14;1-5(7,8)11-2-3(6)4(10-11)13(9)12/h2-4H2,1H3,(H3,15,16,17,18);2H,9H2,1H3. The van der Waals surface area contributed by atoms with Crippen molar-refractivity contribution >= 4 is 22.7 Å². The topological polar surface area (TPSA) is 129 Å². The number of alkyl halides is 5. The number of urea groups is 1. The van der Waals surface area contributed by atoms with Crippen LogP contribution in [0.3, 0.4) is 0 Å². The predicted molar refractivity (Wildman–Crippen MR) is 97.9 cm³/mol. The van der Waals surface area contributed by atoms with Gasteiger partial charge < -0.3 is 11.1 Å². The lowest BCUT2D eigenvalue weighted by molar-refractivity contribution is -0.141. The lowest BCUT2D eigenvalue weighted by atomic mass is 10.1. The van der Waals surface area contributed by atoms with Crippen molar-refractivity contribution in [1.82, 2.24) is 14.8 Å². The van der Waals surface area contributed by atoms with Crippen molar-refractivity contribution in [3.63, 3.8) is 0 Å². The quantitative estimate of drug-likeness (QED) is 0.593. The summed E-state index contributed by atoms with van der Waals surface area (Å²) in [6, 6.07) is -4.20. The molecule has 1 aliphatic carbocycles. The maximum Gasteiger partial charge on any atom is 0.433 e. The summed E-state index contributed by atoms with van der Waals surface area (Å²) < 4.78 is 86.8. The van der Waals surface area contributed by atoms with Crippen molar-refractivity contribution < 1.29 is 35.3 Å². The predicted octanol–water partition coefficient (Wildman–Crippen LogP) is 2.96. The van der Waals surface area contributed by atoms with E-state index in [9.17, 15) is 35.3 Å². The number of hydrogen-bond donors (Lipinski definition) is 3. The van der Waals surface area contributed by atoms with Crippen LogP contribution >= 0.6 is 0 Å². The zero-order chi connectivity index (χ0) is 23.7. The van der Waals surface area contributed by atoms with Crippen molar-refractivity contribution in [2.24, 2.45) is 10.9 Å². The summed E-state index contributed by atoms with van der Waals surface area (Å²) in [5.74, 6) is -1.11. The molecule has 0 bridgehead atoms. The summed E-state index contributed by atoms with van der Waals surface area (Å²) >= 11 is 0. The number of fused-ring (bicyclic) bond motifs is 1. The van der Waals surface area contributed by atoms with Gasteiger partial charge in [-0.3, -0.25) is 0 Å². The average Bonchev–Trinajstić information content (AvgIpc) is 3.22.